The highest BCUT2D eigenvalue weighted by molar-refractivity contribution is 5.85. The fraction of sp³-hybridized carbons (Fsp3) is 0.455. The van der Waals surface area contributed by atoms with Crippen LogP contribution in [0, 0.1) is 11.6 Å². The van der Waals surface area contributed by atoms with Crippen LogP contribution < -0.4 is 16.2 Å². The van der Waals surface area contributed by atoms with Crippen molar-refractivity contribution < 1.29 is 13.5 Å². The Bertz CT molecular complexity index is 364. The van der Waals surface area contributed by atoms with Crippen molar-refractivity contribution in [2.75, 3.05) is 13.7 Å². The Balaban J connectivity index is 0.00000256. The third-order valence-corrected chi connectivity index (χ3v) is 2.40. The second-order valence-electron chi connectivity index (χ2n) is 3.51. The number of hydrogen-bond acceptors (Lipinski definition) is 3. The molecule has 0 spiro atoms. The van der Waals surface area contributed by atoms with Gasteiger partial charge in [-0.2, -0.15) is 0 Å². The Morgan fingerprint density at radius 2 is 2.00 bits per heavy atom. The molecule has 0 aliphatic carbocycles. The third-order valence-electron chi connectivity index (χ3n) is 2.40. The Kier molecular flexibility index (Phi) is 7.03. The van der Waals surface area contributed by atoms with Crippen molar-refractivity contribution in [3.05, 3.63) is 29.3 Å². The van der Waals surface area contributed by atoms with E-state index in [9.17, 15) is 8.78 Å². The summed E-state index contributed by atoms with van der Waals surface area (Å²) in [6, 6.07) is 1.70. The summed E-state index contributed by atoms with van der Waals surface area (Å²) in [7, 11) is 1.32. The van der Waals surface area contributed by atoms with Crippen molar-refractivity contribution in [2.45, 2.75) is 18.9 Å². The van der Waals surface area contributed by atoms with E-state index in [1.165, 1.54) is 13.2 Å². The first kappa shape index (κ1) is 16.1. The molecule has 3 nitrogen and oxygen atoms in total. The summed E-state index contributed by atoms with van der Waals surface area (Å²) in [6.45, 7) is 0.445. The zero-order valence-electron chi connectivity index (χ0n) is 9.58. The van der Waals surface area contributed by atoms with Gasteiger partial charge in [-0.25, -0.2) is 8.78 Å². The fourth-order valence-electron chi connectivity index (χ4n) is 1.53. The number of rotatable bonds is 5. The first-order chi connectivity index (χ1) is 7.61. The monoisotopic (exact) mass is 266 g/mol. The molecule has 0 saturated heterocycles. The van der Waals surface area contributed by atoms with Gasteiger partial charge in [0.05, 0.1) is 7.11 Å². The van der Waals surface area contributed by atoms with E-state index < -0.39 is 17.7 Å². The molecule has 0 radical (unpaired) electrons. The molecule has 0 unspecified atom stereocenters. The molecular formula is C11H17ClF2N2O. The van der Waals surface area contributed by atoms with Gasteiger partial charge in [-0.05, 0) is 31.5 Å². The van der Waals surface area contributed by atoms with E-state index >= 15 is 0 Å². The maximum atomic E-state index is 13.7. The Hall–Kier alpha value is -0.910. The lowest BCUT2D eigenvalue weighted by atomic mass is 10.0. The van der Waals surface area contributed by atoms with Gasteiger partial charge in [-0.3, -0.25) is 0 Å². The van der Waals surface area contributed by atoms with Crippen LogP contribution in [0.3, 0.4) is 0 Å². The summed E-state index contributed by atoms with van der Waals surface area (Å²) < 4.78 is 31.9. The molecule has 1 aromatic carbocycles. The molecule has 4 N–H and O–H groups in total. The first-order valence-corrected chi connectivity index (χ1v) is 5.09. The summed E-state index contributed by atoms with van der Waals surface area (Å²) in [4.78, 5) is 0. The lowest BCUT2D eigenvalue weighted by Crippen LogP contribution is -2.16. The highest BCUT2D eigenvalue weighted by atomic mass is 35.5. The average Bonchev–Trinajstić information content (AvgIpc) is 2.26. The topological polar surface area (TPSA) is 61.3 Å². The molecule has 17 heavy (non-hydrogen) atoms. The Labute approximate surface area is 106 Å². The first-order valence-electron chi connectivity index (χ1n) is 5.09. The van der Waals surface area contributed by atoms with Crippen LogP contribution in [0.2, 0.25) is 0 Å². The second kappa shape index (κ2) is 7.42. The summed E-state index contributed by atoms with van der Waals surface area (Å²) >= 11 is 0. The minimum absolute atomic E-state index is 0. The van der Waals surface area contributed by atoms with E-state index in [0.717, 1.165) is 6.07 Å². The van der Waals surface area contributed by atoms with Crippen molar-refractivity contribution in [3.63, 3.8) is 0 Å². The van der Waals surface area contributed by atoms with Crippen LogP contribution >= 0.6 is 12.4 Å². The minimum atomic E-state index is -0.730. The average molecular weight is 267 g/mol. The molecule has 0 fully saturated rings. The van der Waals surface area contributed by atoms with Crippen molar-refractivity contribution in [3.8, 4) is 5.75 Å². The molecule has 0 bridgehead atoms. The third kappa shape index (κ3) is 3.80. The van der Waals surface area contributed by atoms with Crippen molar-refractivity contribution in [2.24, 2.45) is 11.5 Å². The van der Waals surface area contributed by atoms with Gasteiger partial charge in [-0.1, -0.05) is 0 Å². The molecule has 0 aromatic heterocycles. The number of halogens is 3. The van der Waals surface area contributed by atoms with E-state index in [4.69, 9.17) is 16.2 Å². The number of methoxy groups -OCH3 is 1. The van der Waals surface area contributed by atoms with Gasteiger partial charge in [0.15, 0.2) is 11.6 Å². The quantitative estimate of drug-likeness (QED) is 0.858. The van der Waals surface area contributed by atoms with E-state index in [2.05, 4.69) is 0 Å². The van der Waals surface area contributed by atoms with Crippen LogP contribution in [0.1, 0.15) is 24.4 Å². The van der Waals surface area contributed by atoms with Gasteiger partial charge in [-0.15, -0.1) is 12.4 Å². The molecule has 1 atom stereocenters. The molecule has 0 amide bonds. The summed E-state index contributed by atoms with van der Waals surface area (Å²) in [5.74, 6) is -1.38. The predicted molar refractivity (Wildman–Crippen MR) is 65.4 cm³/mol. The van der Waals surface area contributed by atoms with Gasteiger partial charge < -0.3 is 16.2 Å². The molecule has 1 rings (SSSR count). The SMILES string of the molecule is COc1ccc(F)c([C@H](N)CCCN)c1F.Cl. The summed E-state index contributed by atoms with van der Waals surface area (Å²) in [5, 5.41) is 0. The zero-order chi connectivity index (χ0) is 12.1. The van der Waals surface area contributed by atoms with E-state index in [1.54, 1.807) is 0 Å². The van der Waals surface area contributed by atoms with Crippen molar-refractivity contribution in [1.29, 1.82) is 0 Å². The van der Waals surface area contributed by atoms with Crippen LogP contribution in [0.5, 0.6) is 5.75 Å². The smallest absolute Gasteiger partial charge is 0.172 e. The number of ether oxygens (including phenoxy) is 1. The van der Waals surface area contributed by atoms with Crippen LogP contribution in [0.25, 0.3) is 0 Å². The van der Waals surface area contributed by atoms with Gasteiger partial charge in [0.1, 0.15) is 5.82 Å². The second-order valence-corrected chi connectivity index (χ2v) is 3.51. The highest BCUT2D eigenvalue weighted by Gasteiger charge is 2.19. The van der Waals surface area contributed by atoms with E-state index in [1.807, 2.05) is 0 Å². The van der Waals surface area contributed by atoms with E-state index in [-0.39, 0.29) is 23.7 Å². The summed E-state index contributed by atoms with van der Waals surface area (Å²) in [6.07, 6.45) is 1.06. The minimum Gasteiger partial charge on any atom is -0.494 e. The van der Waals surface area contributed by atoms with Crippen LogP contribution in [-0.4, -0.2) is 13.7 Å². The molecular weight excluding hydrogens is 250 g/mol. The maximum absolute atomic E-state index is 13.7. The summed E-state index contributed by atoms with van der Waals surface area (Å²) in [5.41, 5.74) is 10.9. The number of benzene rings is 1. The highest BCUT2D eigenvalue weighted by Crippen LogP contribution is 2.28. The zero-order valence-corrected chi connectivity index (χ0v) is 10.4. The standard InChI is InChI=1S/C11H16F2N2O.ClH/c1-16-9-5-4-7(12)10(11(9)13)8(15)3-2-6-14;/h4-5,8H,2-3,6,14-15H2,1H3;1H/t8-;/m1./s1. The fourth-order valence-corrected chi connectivity index (χ4v) is 1.53. The number of hydrogen-bond donors (Lipinski definition) is 2. The van der Waals surface area contributed by atoms with Crippen molar-refractivity contribution >= 4 is 12.4 Å². The van der Waals surface area contributed by atoms with Crippen molar-refractivity contribution in [1.82, 2.24) is 0 Å². The molecule has 0 saturated carbocycles. The maximum Gasteiger partial charge on any atom is 0.172 e. The molecule has 0 aliphatic heterocycles. The predicted octanol–water partition coefficient (Wildman–Crippen LogP) is 2.13. The van der Waals surface area contributed by atoms with Crippen LogP contribution in [0.15, 0.2) is 12.1 Å². The molecule has 0 aliphatic rings. The lowest BCUT2D eigenvalue weighted by Gasteiger charge is -2.15. The van der Waals surface area contributed by atoms with Gasteiger partial charge >= 0.3 is 0 Å². The molecule has 98 valence electrons. The Morgan fingerprint density at radius 1 is 1.35 bits per heavy atom. The van der Waals surface area contributed by atoms with Gasteiger partial charge in [0.2, 0.25) is 0 Å². The van der Waals surface area contributed by atoms with Gasteiger partial charge in [0, 0.05) is 11.6 Å². The van der Waals surface area contributed by atoms with E-state index in [0.29, 0.717) is 19.4 Å². The largest absolute Gasteiger partial charge is 0.494 e. The Morgan fingerprint density at radius 3 is 2.53 bits per heavy atom. The molecule has 1 aromatic rings. The van der Waals surface area contributed by atoms with Crippen LogP contribution in [0.4, 0.5) is 8.78 Å². The van der Waals surface area contributed by atoms with Crippen LogP contribution in [-0.2, 0) is 0 Å². The molecule has 6 heteroatoms. The number of nitrogens with two attached hydrogens (primary N) is 2. The van der Waals surface area contributed by atoms with Gasteiger partial charge in [0.25, 0.3) is 0 Å². The normalized spacial score (nSPS) is 11.8. The molecule has 0 heterocycles. The lowest BCUT2D eigenvalue weighted by molar-refractivity contribution is 0.376.